The van der Waals surface area contributed by atoms with Crippen LogP contribution in [0.25, 0.3) is 0 Å². The zero-order valence-electron chi connectivity index (χ0n) is 6.63. The molecule has 0 atom stereocenters. The van der Waals surface area contributed by atoms with Crippen LogP contribution in [0.4, 0.5) is 0 Å². The Bertz CT molecular complexity index is 178. The summed E-state index contributed by atoms with van der Waals surface area (Å²) in [7, 11) is 0. The lowest BCUT2D eigenvalue weighted by Gasteiger charge is -2.27. The highest BCUT2D eigenvalue weighted by Gasteiger charge is 2.60. The molecule has 0 amide bonds. The van der Waals surface area contributed by atoms with Crippen LogP contribution in [0.3, 0.4) is 0 Å². The number of aldehydes is 1. The van der Waals surface area contributed by atoms with Crippen LogP contribution in [0.5, 0.6) is 0 Å². The van der Waals surface area contributed by atoms with Crippen molar-refractivity contribution in [3.8, 4) is 0 Å². The van der Waals surface area contributed by atoms with Gasteiger partial charge in [0.1, 0.15) is 6.29 Å². The quantitative estimate of drug-likeness (QED) is 0.553. The molecule has 1 aliphatic carbocycles. The molecule has 1 saturated heterocycles. The third-order valence-electron chi connectivity index (χ3n) is 2.76. The van der Waals surface area contributed by atoms with Gasteiger partial charge in [-0.2, -0.15) is 0 Å². The number of hydrogen-bond donors (Lipinski definition) is 0. The van der Waals surface area contributed by atoms with Crippen molar-refractivity contribution in [2.75, 3.05) is 13.2 Å². The molecular weight excluding hydrogens is 144 g/mol. The fourth-order valence-corrected chi connectivity index (χ4v) is 1.62. The molecule has 0 N–H and O–H groups in total. The molecule has 3 nitrogen and oxygen atoms in total. The first-order valence-corrected chi connectivity index (χ1v) is 3.97. The van der Waals surface area contributed by atoms with Crippen molar-refractivity contribution in [3.63, 3.8) is 0 Å². The van der Waals surface area contributed by atoms with E-state index in [0.29, 0.717) is 13.2 Å². The van der Waals surface area contributed by atoms with Crippen molar-refractivity contribution >= 4 is 6.29 Å². The number of rotatable bonds is 2. The Kier molecular flexibility index (Phi) is 1.35. The molecular formula is C8H12O3. The molecule has 3 heteroatoms. The Balaban J connectivity index is 2.18. The molecule has 2 fully saturated rings. The standard InChI is InChI=1S/C8H12O3/c1-7(10-4-5-11-7)8(6-9)2-3-8/h6H,2-5H2,1H3. The third-order valence-corrected chi connectivity index (χ3v) is 2.76. The van der Waals surface area contributed by atoms with E-state index in [1.165, 1.54) is 0 Å². The van der Waals surface area contributed by atoms with Gasteiger partial charge < -0.3 is 14.3 Å². The third kappa shape index (κ3) is 0.844. The van der Waals surface area contributed by atoms with Gasteiger partial charge in [0.2, 0.25) is 0 Å². The molecule has 0 aromatic carbocycles. The number of carbonyl (C=O) groups is 1. The SMILES string of the molecule is CC1(C2(C=O)CC2)OCCO1. The second kappa shape index (κ2) is 2.05. The summed E-state index contributed by atoms with van der Waals surface area (Å²) >= 11 is 0. The first kappa shape index (κ1) is 7.25. The Morgan fingerprint density at radius 3 is 2.18 bits per heavy atom. The van der Waals surface area contributed by atoms with Crippen molar-refractivity contribution < 1.29 is 14.3 Å². The first-order valence-electron chi connectivity index (χ1n) is 3.97. The van der Waals surface area contributed by atoms with Crippen molar-refractivity contribution in [3.05, 3.63) is 0 Å². The molecule has 1 aliphatic heterocycles. The second-order valence-corrected chi connectivity index (χ2v) is 3.42. The maximum absolute atomic E-state index is 10.7. The van der Waals surface area contributed by atoms with Crippen LogP contribution in [0, 0.1) is 5.41 Å². The molecule has 1 heterocycles. The molecule has 1 saturated carbocycles. The van der Waals surface area contributed by atoms with E-state index in [0.717, 1.165) is 19.1 Å². The second-order valence-electron chi connectivity index (χ2n) is 3.42. The van der Waals surface area contributed by atoms with E-state index in [1.807, 2.05) is 6.92 Å². The summed E-state index contributed by atoms with van der Waals surface area (Å²) in [5.41, 5.74) is -0.316. The van der Waals surface area contributed by atoms with E-state index in [2.05, 4.69) is 0 Å². The fourth-order valence-electron chi connectivity index (χ4n) is 1.62. The van der Waals surface area contributed by atoms with Crippen LogP contribution < -0.4 is 0 Å². The molecule has 62 valence electrons. The van der Waals surface area contributed by atoms with Gasteiger partial charge >= 0.3 is 0 Å². The molecule has 2 rings (SSSR count). The molecule has 0 aromatic heterocycles. The summed E-state index contributed by atoms with van der Waals surface area (Å²) in [5.74, 6) is -0.616. The molecule has 0 unspecified atom stereocenters. The van der Waals surface area contributed by atoms with E-state index in [9.17, 15) is 4.79 Å². The molecule has 11 heavy (non-hydrogen) atoms. The summed E-state index contributed by atoms with van der Waals surface area (Å²) in [6, 6.07) is 0. The Morgan fingerprint density at radius 1 is 1.27 bits per heavy atom. The van der Waals surface area contributed by atoms with Crippen LogP contribution in [0.2, 0.25) is 0 Å². The maximum Gasteiger partial charge on any atom is 0.177 e. The minimum absolute atomic E-state index is 0.316. The Hall–Kier alpha value is -0.410. The summed E-state index contributed by atoms with van der Waals surface area (Å²) in [4.78, 5) is 10.7. The zero-order valence-corrected chi connectivity index (χ0v) is 6.63. The summed E-state index contributed by atoms with van der Waals surface area (Å²) in [6.07, 6.45) is 2.80. The van der Waals surface area contributed by atoms with Crippen LogP contribution in [-0.2, 0) is 14.3 Å². The van der Waals surface area contributed by atoms with Gasteiger partial charge in [-0.3, -0.25) is 0 Å². The largest absolute Gasteiger partial charge is 0.347 e. The smallest absolute Gasteiger partial charge is 0.177 e. The molecule has 0 spiro atoms. The van der Waals surface area contributed by atoms with Gasteiger partial charge in [0.15, 0.2) is 5.79 Å². The normalized spacial score (nSPS) is 31.7. The molecule has 2 aliphatic rings. The number of carbonyl (C=O) groups excluding carboxylic acids is 1. The fraction of sp³-hybridized carbons (Fsp3) is 0.875. The van der Waals surface area contributed by atoms with Gasteiger partial charge in [-0.1, -0.05) is 0 Å². The van der Waals surface area contributed by atoms with Gasteiger partial charge in [0.05, 0.1) is 18.6 Å². The van der Waals surface area contributed by atoms with E-state index in [1.54, 1.807) is 0 Å². The minimum atomic E-state index is -0.616. The van der Waals surface area contributed by atoms with Crippen molar-refractivity contribution in [1.82, 2.24) is 0 Å². The van der Waals surface area contributed by atoms with Gasteiger partial charge in [0, 0.05) is 0 Å². The highest BCUT2D eigenvalue weighted by molar-refractivity contribution is 5.65. The van der Waals surface area contributed by atoms with Gasteiger partial charge in [-0.15, -0.1) is 0 Å². The Morgan fingerprint density at radius 2 is 1.82 bits per heavy atom. The van der Waals surface area contributed by atoms with E-state index >= 15 is 0 Å². The molecule has 0 aromatic rings. The summed E-state index contributed by atoms with van der Waals surface area (Å²) < 4.78 is 10.8. The van der Waals surface area contributed by atoms with Crippen LogP contribution >= 0.6 is 0 Å². The Labute approximate surface area is 65.7 Å². The minimum Gasteiger partial charge on any atom is -0.347 e. The molecule has 0 bridgehead atoms. The lowest BCUT2D eigenvalue weighted by atomic mass is 9.99. The van der Waals surface area contributed by atoms with Crippen molar-refractivity contribution in [2.45, 2.75) is 25.6 Å². The lowest BCUT2D eigenvalue weighted by molar-refractivity contribution is -0.188. The highest BCUT2D eigenvalue weighted by atomic mass is 16.7. The monoisotopic (exact) mass is 156 g/mol. The van der Waals surface area contributed by atoms with Crippen LogP contribution in [0.1, 0.15) is 19.8 Å². The maximum atomic E-state index is 10.7. The topological polar surface area (TPSA) is 35.5 Å². The van der Waals surface area contributed by atoms with Crippen molar-refractivity contribution in [2.24, 2.45) is 5.41 Å². The van der Waals surface area contributed by atoms with Crippen molar-refractivity contribution in [1.29, 1.82) is 0 Å². The summed E-state index contributed by atoms with van der Waals surface area (Å²) in [5, 5.41) is 0. The predicted octanol–water partition coefficient (Wildman–Crippen LogP) is 0.728. The van der Waals surface area contributed by atoms with E-state index in [-0.39, 0.29) is 5.41 Å². The van der Waals surface area contributed by atoms with E-state index < -0.39 is 5.79 Å². The van der Waals surface area contributed by atoms with Gasteiger partial charge in [-0.25, -0.2) is 0 Å². The summed E-state index contributed by atoms with van der Waals surface area (Å²) in [6.45, 7) is 3.10. The predicted molar refractivity (Wildman–Crippen MR) is 38.0 cm³/mol. The first-order chi connectivity index (χ1) is 5.22. The number of hydrogen-bond acceptors (Lipinski definition) is 3. The van der Waals surface area contributed by atoms with Gasteiger partial charge in [0.25, 0.3) is 0 Å². The zero-order chi connectivity index (χ0) is 7.95. The highest BCUT2D eigenvalue weighted by Crippen LogP contribution is 2.55. The van der Waals surface area contributed by atoms with Crippen LogP contribution in [-0.4, -0.2) is 25.3 Å². The lowest BCUT2D eigenvalue weighted by Crippen LogP contribution is -2.38. The average molecular weight is 156 g/mol. The van der Waals surface area contributed by atoms with Gasteiger partial charge in [-0.05, 0) is 19.8 Å². The van der Waals surface area contributed by atoms with E-state index in [4.69, 9.17) is 9.47 Å². The average Bonchev–Trinajstić information content (AvgIpc) is 2.71. The molecule has 0 radical (unpaired) electrons. The van der Waals surface area contributed by atoms with Crippen LogP contribution in [0.15, 0.2) is 0 Å². The number of ether oxygens (including phenoxy) is 2.